The number of hydrogen-bond acceptors (Lipinski definition) is 5. The van der Waals surface area contributed by atoms with Crippen LogP contribution in [-0.4, -0.2) is 51.1 Å². The van der Waals surface area contributed by atoms with Gasteiger partial charge in [-0.15, -0.1) is 0 Å². The molecule has 1 atom stereocenters. The summed E-state index contributed by atoms with van der Waals surface area (Å²) < 4.78 is 4.62. The molecule has 0 spiro atoms. The summed E-state index contributed by atoms with van der Waals surface area (Å²) in [4.78, 5) is 24.4. The van der Waals surface area contributed by atoms with E-state index in [4.69, 9.17) is 5.11 Å². The van der Waals surface area contributed by atoms with E-state index >= 15 is 0 Å². The fourth-order valence-corrected chi connectivity index (χ4v) is 2.83. The predicted molar refractivity (Wildman–Crippen MR) is 60.9 cm³/mol. The van der Waals surface area contributed by atoms with Crippen molar-refractivity contribution in [3.05, 3.63) is 18.0 Å². The molecule has 0 bridgehead atoms. The maximum atomic E-state index is 12.1. The molecule has 1 fully saturated rings. The number of aliphatic carboxylic acids is 1. The Kier molecular flexibility index (Phi) is 3.68. The second kappa shape index (κ2) is 5.22. The zero-order valence-corrected chi connectivity index (χ0v) is 9.85. The highest BCUT2D eigenvalue weighted by Crippen LogP contribution is 2.20. The van der Waals surface area contributed by atoms with Crippen LogP contribution in [0.15, 0.2) is 16.9 Å². The summed E-state index contributed by atoms with van der Waals surface area (Å²) >= 11 is 1.66. The van der Waals surface area contributed by atoms with Gasteiger partial charge in [-0.3, -0.25) is 9.59 Å². The summed E-state index contributed by atoms with van der Waals surface area (Å²) in [5, 5.41) is 12.4. The van der Waals surface area contributed by atoms with Crippen molar-refractivity contribution >= 4 is 23.6 Å². The van der Waals surface area contributed by atoms with Crippen LogP contribution in [0.25, 0.3) is 0 Å². The van der Waals surface area contributed by atoms with Crippen molar-refractivity contribution < 1.29 is 19.2 Å². The maximum absolute atomic E-state index is 12.1. The van der Waals surface area contributed by atoms with Crippen molar-refractivity contribution in [3.8, 4) is 0 Å². The third-order valence-electron chi connectivity index (χ3n) is 2.56. The zero-order valence-electron chi connectivity index (χ0n) is 9.04. The van der Waals surface area contributed by atoms with Gasteiger partial charge >= 0.3 is 5.97 Å². The number of rotatable bonds is 3. The quantitative estimate of drug-likeness (QED) is 0.857. The van der Waals surface area contributed by atoms with Crippen molar-refractivity contribution in [2.75, 3.05) is 18.1 Å². The average Bonchev–Trinajstić information content (AvgIpc) is 2.81. The Bertz CT molecular complexity index is 406. The minimum Gasteiger partial charge on any atom is -0.481 e. The minimum absolute atomic E-state index is 0.0312. The first-order chi connectivity index (χ1) is 8.18. The van der Waals surface area contributed by atoms with E-state index in [0.717, 1.165) is 5.75 Å². The van der Waals surface area contributed by atoms with Gasteiger partial charge in [0.25, 0.3) is 5.91 Å². The van der Waals surface area contributed by atoms with E-state index in [1.54, 1.807) is 16.7 Å². The second-order valence-electron chi connectivity index (χ2n) is 3.71. The lowest BCUT2D eigenvalue weighted by atomic mass is 10.2. The Balaban J connectivity index is 2.10. The third-order valence-corrected chi connectivity index (χ3v) is 3.65. The molecule has 1 aliphatic rings. The fourth-order valence-electron chi connectivity index (χ4n) is 1.76. The molecule has 0 aromatic carbocycles. The summed E-state index contributed by atoms with van der Waals surface area (Å²) in [6.45, 7) is 0.550. The average molecular weight is 256 g/mol. The van der Waals surface area contributed by atoms with Crippen LogP contribution < -0.4 is 0 Å². The highest BCUT2D eigenvalue weighted by Gasteiger charge is 2.30. The Morgan fingerprint density at radius 1 is 1.65 bits per heavy atom. The minimum atomic E-state index is -0.893. The molecule has 2 rings (SSSR count). The molecule has 1 saturated heterocycles. The molecule has 1 N–H and O–H groups in total. The number of aromatic nitrogens is 1. The zero-order chi connectivity index (χ0) is 12.3. The number of carbonyl (C=O) groups is 2. The molecule has 6 nitrogen and oxygen atoms in total. The van der Waals surface area contributed by atoms with Crippen LogP contribution in [0.1, 0.15) is 16.9 Å². The standard InChI is InChI=1S/C10H12N2O4S/c13-9(14)5-7-6-17-4-2-12(7)10(15)8-1-3-16-11-8/h1,3,7H,2,4-6H2,(H,13,14). The molecule has 0 aliphatic carbocycles. The van der Waals surface area contributed by atoms with E-state index in [-0.39, 0.29) is 24.1 Å². The van der Waals surface area contributed by atoms with E-state index < -0.39 is 5.97 Å². The molecule has 1 unspecified atom stereocenters. The van der Waals surface area contributed by atoms with E-state index in [1.165, 1.54) is 12.3 Å². The van der Waals surface area contributed by atoms with Gasteiger partial charge in [-0.1, -0.05) is 5.16 Å². The maximum Gasteiger partial charge on any atom is 0.305 e. The highest BCUT2D eigenvalue weighted by molar-refractivity contribution is 7.99. The van der Waals surface area contributed by atoms with Crippen LogP contribution in [0.4, 0.5) is 0 Å². The van der Waals surface area contributed by atoms with Gasteiger partial charge in [0, 0.05) is 24.1 Å². The first-order valence-electron chi connectivity index (χ1n) is 5.19. The second-order valence-corrected chi connectivity index (χ2v) is 4.86. The molecule has 7 heteroatoms. The van der Waals surface area contributed by atoms with Crippen molar-refractivity contribution in [1.29, 1.82) is 0 Å². The van der Waals surface area contributed by atoms with Crippen molar-refractivity contribution in [2.24, 2.45) is 0 Å². The van der Waals surface area contributed by atoms with E-state index in [0.29, 0.717) is 12.3 Å². The van der Waals surface area contributed by atoms with Gasteiger partial charge in [-0.2, -0.15) is 11.8 Å². The Morgan fingerprint density at radius 2 is 2.47 bits per heavy atom. The topological polar surface area (TPSA) is 83.6 Å². The number of carboxylic acids is 1. The molecule has 0 saturated carbocycles. The largest absolute Gasteiger partial charge is 0.481 e. The lowest BCUT2D eigenvalue weighted by Gasteiger charge is -2.33. The molecular weight excluding hydrogens is 244 g/mol. The molecule has 1 amide bonds. The van der Waals surface area contributed by atoms with Gasteiger partial charge in [-0.05, 0) is 0 Å². The van der Waals surface area contributed by atoms with E-state index in [2.05, 4.69) is 9.68 Å². The number of nitrogens with zero attached hydrogens (tertiary/aromatic N) is 2. The van der Waals surface area contributed by atoms with Gasteiger partial charge in [0.15, 0.2) is 5.69 Å². The molecule has 1 aliphatic heterocycles. The first kappa shape index (κ1) is 12.0. The van der Waals surface area contributed by atoms with E-state index in [9.17, 15) is 9.59 Å². The lowest BCUT2D eigenvalue weighted by molar-refractivity contribution is -0.138. The van der Waals surface area contributed by atoms with Gasteiger partial charge in [0.1, 0.15) is 6.26 Å². The Labute approximate surface area is 102 Å². The third kappa shape index (κ3) is 2.79. The summed E-state index contributed by atoms with van der Waals surface area (Å²) in [5.74, 6) is 0.316. The lowest BCUT2D eigenvalue weighted by Crippen LogP contribution is -2.47. The molecule has 17 heavy (non-hydrogen) atoms. The molecule has 1 aromatic heterocycles. The summed E-state index contributed by atoms with van der Waals surface area (Å²) in [7, 11) is 0. The number of thioether (sulfide) groups is 1. The van der Waals surface area contributed by atoms with Crippen molar-refractivity contribution in [2.45, 2.75) is 12.5 Å². The van der Waals surface area contributed by atoms with E-state index in [1.807, 2.05) is 0 Å². The van der Waals surface area contributed by atoms with Gasteiger partial charge in [-0.25, -0.2) is 0 Å². The number of hydrogen-bond donors (Lipinski definition) is 1. The monoisotopic (exact) mass is 256 g/mol. The Morgan fingerprint density at radius 3 is 3.12 bits per heavy atom. The van der Waals surface area contributed by atoms with Gasteiger partial charge in [0.05, 0.1) is 12.5 Å². The van der Waals surface area contributed by atoms with Crippen LogP contribution in [0.2, 0.25) is 0 Å². The van der Waals surface area contributed by atoms with Crippen LogP contribution in [0.5, 0.6) is 0 Å². The fraction of sp³-hybridized carbons (Fsp3) is 0.500. The predicted octanol–water partition coefficient (Wildman–Crippen LogP) is 0.707. The van der Waals surface area contributed by atoms with Crippen molar-refractivity contribution in [1.82, 2.24) is 10.1 Å². The van der Waals surface area contributed by atoms with Crippen molar-refractivity contribution in [3.63, 3.8) is 0 Å². The molecule has 2 heterocycles. The summed E-state index contributed by atoms with van der Waals surface area (Å²) in [6, 6.07) is 1.22. The number of carbonyl (C=O) groups excluding carboxylic acids is 1. The molecule has 92 valence electrons. The normalized spacial score (nSPS) is 20.2. The SMILES string of the molecule is O=C(O)CC1CSCCN1C(=O)c1ccon1. The molecular formula is C10H12N2O4S. The Hall–Kier alpha value is -1.50. The smallest absolute Gasteiger partial charge is 0.305 e. The van der Waals surface area contributed by atoms with Crippen LogP contribution in [-0.2, 0) is 4.79 Å². The first-order valence-corrected chi connectivity index (χ1v) is 6.35. The van der Waals surface area contributed by atoms with Gasteiger partial charge in [0.2, 0.25) is 0 Å². The number of amides is 1. The van der Waals surface area contributed by atoms with Gasteiger partial charge < -0.3 is 14.5 Å². The van der Waals surface area contributed by atoms with Crippen LogP contribution in [0.3, 0.4) is 0 Å². The molecule has 1 aromatic rings. The summed E-state index contributed by atoms with van der Waals surface area (Å²) in [6.07, 6.45) is 1.30. The highest BCUT2D eigenvalue weighted by atomic mass is 32.2. The van der Waals surface area contributed by atoms with Crippen LogP contribution in [0, 0.1) is 0 Å². The molecule has 0 radical (unpaired) electrons. The summed E-state index contributed by atoms with van der Waals surface area (Å²) in [5.41, 5.74) is 0.229. The van der Waals surface area contributed by atoms with Crippen LogP contribution >= 0.6 is 11.8 Å². The number of carboxylic acid groups (broad SMARTS) is 1.